The molecule has 0 aromatic heterocycles. The van der Waals surface area contributed by atoms with Gasteiger partial charge in [0.15, 0.2) is 0 Å². The van der Waals surface area contributed by atoms with Gasteiger partial charge in [0.1, 0.15) is 0 Å². The van der Waals surface area contributed by atoms with Crippen LogP contribution in [0.5, 0.6) is 0 Å². The standard InChI is InChI=1S/C27H37N3O3S/c1-22-9-11-23(12-10-22)21-34(32,33)30-17-13-24(14-18-30)27(31)28-19-25-7-3-4-8-26(25)20-29-15-5-2-6-16-29/h3-4,7-12,24H,2,5-6,13-21H2,1H3,(H,28,31). The normalized spacial score (nSPS) is 18.6. The van der Waals surface area contributed by atoms with Crippen LogP contribution in [-0.2, 0) is 33.7 Å². The molecule has 2 heterocycles. The quantitative estimate of drug-likeness (QED) is 0.619. The zero-order valence-electron chi connectivity index (χ0n) is 20.2. The Labute approximate surface area is 204 Å². The number of benzene rings is 2. The average molecular weight is 484 g/mol. The second kappa shape index (κ2) is 11.5. The molecule has 34 heavy (non-hydrogen) atoms. The van der Waals surface area contributed by atoms with Gasteiger partial charge in [-0.2, -0.15) is 0 Å². The molecule has 0 bridgehead atoms. The number of sulfonamides is 1. The Morgan fingerprint density at radius 3 is 2.24 bits per heavy atom. The van der Waals surface area contributed by atoms with Gasteiger partial charge < -0.3 is 5.32 Å². The van der Waals surface area contributed by atoms with Gasteiger partial charge in [-0.15, -0.1) is 0 Å². The number of hydrogen-bond donors (Lipinski definition) is 1. The first-order valence-electron chi connectivity index (χ1n) is 12.5. The zero-order valence-corrected chi connectivity index (χ0v) is 21.0. The third-order valence-electron chi connectivity index (χ3n) is 7.10. The number of likely N-dealkylation sites (tertiary alicyclic amines) is 1. The van der Waals surface area contributed by atoms with Crippen molar-refractivity contribution in [2.24, 2.45) is 5.92 Å². The Morgan fingerprint density at radius 1 is 0.912 bits per heavy atom. The van der Waals surface area contributed by atoms with Crippen molar-refractivity contribution in [2.45, 2.75) is 57.9 Å². The van der Waals surface area contributed by atoms with Crippen LogP contribution in [0.2, 0.25) is 0 Å². The van der Waals surface area contributed by atoms with E-state index in [-0.39, 0.29) is 17.6 Å². The van der Waals surface area contributed by atoms with Crippen molar-refractivity contribution in [1.82, 2.24) is 14.5 Å². The molecule has 0 unspecified atom stereocenters. The van der Waals surface area contributed by atoms with Gasteiger partial charge in [-0.05, 0) is 62.4 Å². The lowest BCUT2D eigenvalue weighted by Crippen LogP contribution is -2.43. The minimum Gasteiger partial charge on any atom is -0.352 e. The predicted octanol–water partition coefficient (Wildman–Crippen LogP) is 3.84. The van der Waals surface area contributed by atoms with E-state index in [4.69, 9.17) is 0 Å². The summed E-state index contributed by atoms with van der Waals surface area (Å²) in [6.07, 6.45) is 4.97. The molecular weight excluding hydrogens is 446 g/mol. The molecule has 4 rings (SSSR count). The fourth-order valence-electron chi connectivity index (χ4n) is 4.95. The maximum absolute atomic E-state index is 12.9. The average Bonchev–Trinajstić information content (AvgIpc) is 2.85. The Kier molecular flexibility index (Phi) is 8.40. The predicted molar refractivity (Wildman–Crippen MR) is 136 cm³/mol. The van der Waals surface area contributed by atoms with Gasteiger partial charge in [-0.1, -0.05) is 60.5 Å². The molecule has 0 aliphatic carbocycles. The minimum absolute atomic E-state index is 0.0119. The van der Waals surface area contributed by atoms with Crippen LogP contribution >= 0.6 is 0 Å². The minimum atomic E-state index is -3.38. The molecule has 2 fully saturated rings. The lowest BCUT2D eigenvalue weighted by atomic mass is 9.97. The number of rotatable bonds is 8. The van der Waals surface area contributed by atoms with E-state index in [9.17, 15) is 13.2 Å². The van der Waals surface area contributed by atoms with E-state index >= 15 is 0 Å². The highest BCUT2D eigenvalue weighted by atomic mass is 32.2. The Bertz CT molecular complexity index is 1050. The van der Waals surface area contributed by atoms with Crippen LogP contribution in [0.15, 0.2) is 48.5 Å². The first-order chi connectivity index (χ1) is 16.4. The highest BCUT2D eigenvalue weighted by Crippen LogP contribution is 2.23. The van der Waals surface area contributed by atoms with Crippen molar-refractivity contribution in [3.05, 3.63) is 70.8 Å². The number of aryl methyl sites for hydroxylation is 1. The van der Waals surface area contributed by atoms with Gasteiger partial charge in [0, 0.05) is 32.1 Å². The Morgan fingerprint density at radius 2 is 1.56 bits per heavy atom. The maximum atomic E-state index is 12.9. The molecular formula is C27H37N3O3S. The smallest absolute Gasteiger partial charge is 0.223 e. The number of piperidine rings is 2. The molecule has 0 radical (unpaired) electrons. The Balaban J connectivity index is 1.27. The molecule has 7 heteroatoms. The van der Waals surface area contributed by atoms with Crippen LogP contribution < -0.4 is 5.32 Å². The number of nitrogens with zero attached hydrogens (tertiary/aromatic N) is 2. The molecule has 2 aliphatic rings. The summed E-state index contributed by atoms with van der Waals surface area (Å²) in [5, 5.41) is 3.12. The monoisotopic (exact) mass is 483 g/mol. The van der Waals surface area contributed by atoms with Crippen molar-refractivity contribution < 1.29 is 13.2 Å². The van der Waals surface area contributed by atoms with E-state index in [0.29, 0.717) is 32.5 Å². The van der Waals surface area contributed by atoms with Crippen molar-refractivity contribution in [3.8, 4) is 0 Å². The third-order valence-corrected chi connectivity index (χ3v) is 8.95. The SMILES string of the molecule is Cc1ccc(CS(=O)(=O)N2CCC(C(=O)NCc3ccccc3CN3CCCCC3)CC2)cc1. The number of carbonyl (C=O) groups excluding carboxylic acids is 1. The van der Waals surface area contributed by atoms with Gasteiger partial charge in [-0.3, -0.25) is 9.69 Å². The summed E-state index contributed by atoms with van der Waals surface area (Å²) >= 11 is 0. The molecule has 6 nitrogen and oxygen atoms in total. The molecule has 184 valence electrons. The number of hydrogen-bond acceptors (Lipinski definition) is 4. The molecule has 0 spiro atoms. The second-order valence-electron chi connectivity index (χ2n) is 9.74. The van der Waals surface area contributed by atoms with E-state index in [2.05, 4.69) is 28.4 Å². The largest absolute Gasteiger partial charge is 0.352 e. The lowest BCUT2D eigenvalue weighted by Gasteiger charge is -2.31. The van der Waals surface area contributed by atoms with Crippen LogP contribution in [0, 0.1) is 12.8 Å². The topological polar surface area (TPSA) is 69.7 Å². The van der Waals surface area contributed by atoms with Crippen LogP contribution in [0.4, 0.5) is 0 Å². The summed E-state index contributed by atoms with van der Waals surface area (Å²) in [7, 11) is -3.38. The van der Waals surface area contributed by atoms with E-state index in [1.165, 1.54) is 30.4 Å². The lowest BCUT2D eigenvalue weighted by molar-refractivity contribution is -0.126. The number of nitrogens with one attached hydrogen (secondary N) is 1. The summed E-state index contributed by atoms with van der Waals surface area (Å²) in [6.45, 7) is 6.54. The summed E-state index contributed by atoms with van der Waals surface area (Å²) in [5.41, 5.74) is 4.36. The van der Waals surface area contributed by atoms with Crippen molar-refractivity contribution in [1.29, 1.82) is 0 Å². The van der Waals surface area contributed by atoms with Gasteiger partial charge in [-0.25, -0.2) is 12.7 Å². The Hall–Kier alpha value is -2.22. The first-order valence-corrected chi connectivity index (χ1v) is 14.1. The van der Waals surface area contributed by atoms with Crippen LogP contribution in [0.3, 0.4) is 0 Å². The maximum Gasteiger partial charge on any atom is 0.223 e. The van der Waals surface area contributed by atoms with Crippen molar-refractivity contribution in [3.63, 3.8) is 0 Å². The van der Waals surface area contributed by atoms with Crippen molar-refractivity contribution in [2.75, 3.05) is 26.2 Å². The summed E-state index contributed by atoms with van der Waals surface area (Å²) in [6, 6.07) is 16.0. The zero-order chi connectivity index (χ0) is 24.0. The second-order valence-corrected chi connectivity index (χ2v) is 11.7. The molecule has 2 aliphatic heterocycles. The highest BCUT2D eigenvalue weighted by molar-refractivity contribution is 7.88. The molecule has 0 atom stereocenters. The highest BCUT2D eigenvalue weighted by Gasteiger charge is 2.31. The van der Waals surface area contributed by atoms with Gasteiger partial charge in [0.25, 0.3) is 0 Å². The molecule has 2 saturated heterocycles. The molecule has 1 N–H and O–H groups in total. The first kappa shape index (κ1) is 24.9. The fraction of sp³-hybridized carbons (Fsp3) is 0.519. The van der Waals surface area contributed by atoms with Crippen LogP contribution in [0.25, 0.3) is 0 Å². The van der Waals surface area contributed by atoms with Crippen LogP contribution in [-0.4, -0.2) is 49.7 Å². The van der Waals surface area contributed by atoms with E-state index in [1.54, 1.807) is 4.31 Å². The summed E-state index contributed by atoms with van der Waals surface area (Å²) < 4.78 is 27.2. The molecule has 2 aromatic rings. The van der Waals surface area contributed by atoms with Crippen molar-refractivity contribution >= 4 is 15.9 Å². The van der Waals surface area contributed by atoms with E-state index in [0.717, 1.165) is 30.8 Å². The van der Waals surface area contributed by atoms with Gasteiger partial charge in [0.05, 0.1) is 5.75 Å². The van der Waals surface area contributed by atoms with E-state index < -0.39 is 10.0 Å². The summed E-state index contributed by atoms with van der Waals surface area (Å²) in [4.78, 5) is 15.4. The van der Waals surface area contributed by atoms with Crippen LogP contribution in [0.1, 0.15) is 54.4 Å². The fourth-order valence-corrected chi connectivity index (χ4v) is 6.52. The van der Waals surface area contributed by atoms with Gasteiger partial charge in [0.2, 0.25) is 15.9 Å². The molecule has 1 amide bonds. The molecule has 0 saturated carbocycles. The third kappa shape index (κ3) is 6.68. The number of amides is 1. The van der Waals surface area contributed by atoms with Gasteiger partial charge >= 0.3 is 0 Å². The van der Waals surface area contributed by atoms with E-state index in [1.807, 2.05) is 37.3 Å². The number of carbonyl (C=O) groups is 1. The molecule has 2 aromatic carbocycles. The summed E-state index contributed by atoms with van der Waals surface area (Å²) in [5.74, 6) is -0.0961.